The first-order valence-electron chi connectivity index (χ1n) is 11.8. The van der Waals surface area contributed by atoms with E-state index < -0.39 is 9.84 Å². The molecule has 2 aromatic heterocycles. The summed E-state index contributed by atoms with van der Waals surface area (Å²) in [6.45, 7) is 5.39. The maximum absolute atomic E-state index is 12.3. The van der Waals surface area contributed by atoms with E-state index in [4.69, 9.17) is 14.5 Å². The molecular formula is C25H29N3O5S2. The SMILES string of the molecule is CC(Oc1nc2ccc(-c3ccc(S(C)(=O)=O)cc3)nc2s1)C1CCN(C(=O)OC2(C)CC2)CC1. The number of likely N-dealkylation sites (tertiary alicyclic amines) is 1. The third-order valence-electron chi connectivity index (χ3n) is 6.85. The van der Waals surface area contributed by atoms with Gasteiger partial charge in [-0.15, -0.1) is 0 Å². The van der Waals surface area contributed by atoms with Gasteiger partial charge < -0.3 is 14.4 Å². The average molecular weight is 516 g/mol. The first kappa shape index (κ1) is 24.0. The largest absolute Gasteiger partial charge is 0.467 e. The minimum absolute atomic E-state index is 0.0299. The molecule has 8 nitrogen and oxygen atoms in total. The number of piperidine rings is 1. The van der Waals surface area contributed by atoms with Crippen molar-refractivity contribution in [2.24, 2.45) is 5.92 Å². The number of thiazole rings is 1. The van der Waals surface area contributed by atoms with Crippen LogP contribution in [0.1, 0.15) is 39.5 Å². The summed E-state index contributed by atoms with van der Waals surface area (Å²) in [5, 5.41) is 0.577. The van der Waals surface area contributed by atoms with Gasteiger partial charge in [0.05, 0.1) is 10.6 Å². The van der Waals surface area contributed by atoms with Gasteiger partial charge in [-0.3, -0.25) is 0 Å². The Morgan fingerprint density at radius 1 is 1.11 bits per heavy atom. The minimum atomic E-state index is -3.24. The molecule has 0 bridgehead atoms. The topological polar surface area (TPSA) is 98.7 Å². The quantitative estimate of drug-likeness (QED) is 0.459. The number of hydrogen-bond donors (Lipinski definition) is 0. The second-order valence-electron chi connectivity index (χ2n) is 9.76. The second kappa shape index (κ2) is 9.05. The molecule has 1 unspecified atom stereocenters. The summed E-state index contributed by atoms with van der Waals surface area (Å²) in [6.07, 6.45) is 4.60. The fourth-order valence-electron chi connectivity index (χ4n) is 4.24. The highest BCUT2D eigenvalue weighted by atomic mass is 32.2. The van der Waals surface area contributed by atoms with Gasteiger partial charge >= 0.3 is 6.09 Å². The normalized spacial score (nSPS) is 18.9. The summed E-state index contributed by atoms with van der Waals surface area (Å²) in [4.78, 5) is 24.5. The van der Waals surface area contributed by atoms with E-state index in [1.165, 1.54) is 17.6 Å². The zero-order chi connectivity index (χ0) is 24.8. The Hall–Kier alpha value is -2.72. The van der Waals surface area contributed by atoms with Gasteiger partial charge in [-0.25, -0.2) is 23.2 Å². The van der Waals surface area contributed by atoms with Gasteiger partial charge in [-0.1, -0.05) is 23.5 Å². The summed E-state index contributed by atoms with van der Waals surface area (Å²) in [5.74, 6) is 0.333. The third-order valence-corrected chi connectivity index (χ3v) is 8.83. The molecule has 10 heteroatoms. The first-order chi connectivity index (χ1) is 16.6. The number of carbonyl (C=O) groups is 1. The Morgan fingerprint density at radius 2 is 1.80 bits per heavy atom. The van der Waals surface area contributed by atoms with E-state index in [1.54, 1.807) is 29.2 Å². The molecule has 1 aromatic carbocycles. The molecule has 186 valence electrons. The zero-order valence-corrected chi connectivity index (χ0v) is 21.7. The molecule has 5 rings (SSSR count). The molecule has 0 spiro atoms. The molecule has 1 saturated carbocycles. The van der Waals surface area contributed by atoms with Gasteiger partial charge in [0.1, 0.15) is 22.1 Å². The van der Waals surface area contributed by atoms with Crippen molar-refractivity contribution in [3.63, 3.8) is 0 Å². The second-order valence-corrected chi connectivity index (χ2v) is 12.7. The van der Waals surface area contributed by atoms with E-state index in [-0.39, 0.29) is 22.7 Å². The molecule has 35 heavy (non-hydrogen) atoms. The highest BCUT2D eigenvalue weighted by Crippen LogP contribution is 2.39. The molecule has 2 fully saturated rings. The number of aromatic nitrogens is 2. The van der Waals surface area contributed by atoms with Crippen LogP contribution in [-0.2, 0) is 14.6 Å². The average Bonchev–Trinajstić information content (AvgIpc) is 3.41. The number of nitrogens with zero attached hydrogens (tertiary/aromatic N) is 3. The summed E-state index contributed by atoms with van der Waals surface area (Å²) in [6, 6.07) is 10.5. The number of carbonyl (C=O) groups excluding carboxylic acids is 1. The highest BCUT2D eigenvalue weighted by molar-refractivity contribution is 7.90. The fraction of sp³-hybridized carbons (Fsp3) is 0.480. The van der Waals surface area contributed by atoms with E-state index in [1.807, 2.05) is 19.1 Å². The maximum atomic E-state index is 12.3. The summed E-state index contributed by atoms with van der Waals surface area (Å²) < 4.78 is 35.2. The standard InChI is InChI=1S/C25H29N3O5S2/c1-16(17-10-14-28(15-11-17)24(29)33-25(2)12-13-25)32-23-27-21-9-8-20(26-22(21)34-23)18-4-6-19(7-5-18)35(3,30)31/h4-9,16-17H,10-15H2,1-3H3. The van der Waals surface area contributed by atoms with Crippen LogP contribution in [0, 0.1) is 5.92 Å². The third kappa shape index (κ3) is 5.43. The van der Waals surface area contributed by atoms with Crippen molar-refractivity contribution in [1.82, 2.24) is 14.9 Å². The number of hydrogen-bond acceptors (Lipinski definition) is 8. The lowest BCUT2D eigenvalue weighted by Crippen LogP contribution is -2.43. The lowest BCUT2D eigenvalue weighted by molar-refractivity contribution is 0.0374. The molecule has 1 atom stereocenters. The molecule has 0 radical (unpaired) electrons. The number of sulfone groups is 1. The summed E-state index contributed by atoms with van der Waals surface area (Å²) in [7, 11) is -3.24. The van der Waals surface area contributed by atoms with Gasteiger partial charge in [0.25, 0.3) is 5.19 Å². The molecule has 2 aliphatic rings. The smallest absolute Gasteiger partial charge is 0.410 e. The van der Waals surface area contributed by atoms with Gasteiger partial charge in [0, 0.05) is 24.9 Å². The van der Waals surface area contributed by atoms with Crippen LogP contribution >= 0.6 is 11.3 Å². The van der Waals surface area contributed by atoms with Crippen LogP contribution in [0.3, 0.4) is 0 Å². The number of benzene rings is 1. The molecule has 1 saturated heterocycles. The molecule has 3 heterocycles. The fourth-order valence-corrected chi connectivity index (χ4v) is 5.74. The van der Waals surface area contributed by atoms with Crippen LogP contribution in [-0.4, -0.2) is 60.4 Å². The predicted octanol–water partition coefficient (Wildman–Crippen LogP) is 4.93. The van der Waals surface area contributed by atoms with E-state index in [0.717, 1.165) is 47.3 Å². The van der Waals surface area contributed by atoms with Gasteiger partial charge in [-0.2, -0.15) is 0 Å². The van der Waals surface area contributed by atoms with Crippen molar-refractivity contribution in [3.8, 4) is 16.5 Å². The van der Waals surface area contributed by atoms with E-state index in [2.05, 4.69) is 11.9 Å². The Kier molecular flexibility index (Phi) is 6.21. The zero-order valence-electron chi connectivity index (χ0n) is 20.1. The molecule has 1 aliphatic carbocycles. The summed E-state index contributed by atoms with van der Waals surface area (Å²) in [5.41, 5.74) is 2.11. The van der Waals surface area contributed by atoms with Gasteiger partial charge in [0.15, 0.2) is 9.84 Å². The van der Waals surface area contributed by atoms with Crippen LogP contribution in [0.2, 0.25) is 0 Å². The van der Waals surface area contributed by atoms with Crippen molar-refractivity contribution < 1.29 is 22.7 Å². The van der Waals surface area contributed by atoms with Crippen molar-refractivity contribution in [1.29, 1.82) is 0 Å². The van der Waals surface area contributed by atoms with Gasteiger partial charge in [0.2, 0.25) is 0 Å². The van der Waals surface area contributed by atoms with Crippen LogP contribution in [0.5, 0.6) is 5.19 Å². The first-order valence-corrected chi connectivity index (χ1v) is 14.5. The highest BCUT2D eigenvalue weighted by Gasteiger charge is 2.43. The lowest BCUT2D eigenvalue weighted by atomic mass is 9.92. The van der Waals surface area contributed by atoms with Gasteiger partial charge in [-0.05, 0) is 69.7 Å². The van der Waals surface area contributed by atoms with Crippen molar-refractivity contribution in [2.75, 3.05) is 19.3 Å². The monoisotopic (exact) mass is 515 g/mol. The molecule has 1 amide bonds. The lowest BCUT2D eigenvalue weighted by Gasteiger charge is -2.34. The van der Waals surface area contributed by atoms with Crippen LogP contribution < -0.4 is 4.74 Å². The number of pyridine rings is 1. The number of amides is 1. The van der Waals surface area contributed by atoms with Crippen LogP contribution in [0.4, 0.5) is 4.79 Å². The minimum Gasteiger partial charge on any atom is -0.467 e. The Balaban J connectivity index is 1.21. The Morgan fingerprint density at radius 3 is 2.43 bits per heavy atom. The Labute approximate surface area is 209 Å². The molecule has 0 N–H and O–H groups in total. The van der Waals surface area contributed by atoms with Crippen molar-refractivity contribution >= 4 is 37.6 Å². The van der Waals surface area contributed by atoms with E-state index >= 15 is 0 Å². The van der Waals surface area contributed by atoms with Crippen LogP contribution in [0.25, 0.3) is 21.6 Å². The predicted molar refractivity (Wildman–Crippen MR) is 134 cm³/mol. The van der Waals surface area contributed by atoms with E-state index in [9.17, 15) is 13.2 Å². The van der Waals surface area contributed by atoms with E-state index in [0.29, 0.717) is 24.2 Å². The van der Waals surface area contributed by atoms with Crippen molar-refractivity contribution in [2.45, 2.75) is 56.1 Å². The number of ether oxygens (including phenoxy) is 2. The molecular weight excluding hydrogens is 486 g/mol. The number of fused-ring (bicyclic) bond motifs is 1. The Bertz CT molecular complexity index is 1340. The molecule has 1 aliphatic heterocycles. The maximum Gasteiger partial charge on any atom is 0.410 e. The van der Waals surface area contributed by atoms with Crippen LogP contribution in [0.15, 0.2) is 41.3 Å². The summed E-state index contributed by atoms with van der Waals surface area (Å²) >= 11 is 1.40. The molecule has 3 aromatic rings. The van der Waals surface area contributed by atoms with Crippen molar-refractivity contribution in [3.05, 3.63) is 36.4 Å². The number of rotatable bonds is 6.